The topological polar surface area (TPSA) is 78.5 Å². The van der Waals surface area contributed by atoms with E-state index in [-0.39, 0.29) is 30.3 Å². The van der Waals surface area contributed by atoms with Crippen molar-refractivity contribution in [2.45, 2.75) is 57.5 Å². The van der Waals surface area contributed by atoms with Gasteiger partial charge in [0.1, 0.15) is 6.04 Å². The van der Waals surface area contributed by atoms with Gasteiger partial charge in [0.25, 0.3) is 5.91 Å². The number of rotatable bonds is 10. The lowest BCUT2D eigenvalue weighted by molar-refractivity contribution is -0.140. The van der Waals surface area contributed by atoms with Crippen molar-refractivity contribution in [3.63, 3.8) is 0 Å². The Kier molecular flexibility index (Phi) is 8.45. The molecular weight excluding hydrogens is 418 g/mol. The first kappa shape index (κ1) is 22.5. The van der Waals surface area contributed by atoms with E-state index in [2.05, 4.69) is 17.6 Å². The number of nitrogens with one attached hydrogen (secondary N) is 2. The predicted octanol–water partition coefficient (Wildman–Crippen LogP) is 3.97. The smallest absolute Gasteiger partial charge is 0.261 e. The number of unbranched alkanes of at least 4 members (excludes halogenated alkanes) is 1. The molecule has 0 radical (unpaired) electrons. The van der Waals surface area contributed by atoms with Crippen molar-refractivity contribution >= 4 is 40.4 Å². The lowest BCUT2D eigenvalue weighted by atomic mass is 10.1. The number of hydrogen-bond acceptors (Lipinski definition) is 5. The summed E-state index contributed by atoms with van der Waals surface area (Å²) in [5, 5.41) is 9.61. The summed E-state index contributed by atoms with van der Waals surface area (Å²) in [5.74, 6) is -0.636. The molecule has 0 saturated heterocycles. The van der Waals surface area contributed by atoms with E-state index in [9.17, 15) is 14.4 Å². The van der Waals surface area contributed by atoms with Crippen molar-refractivity contribution in [3.05, 3.63) is 44.8 Å². The van der Waals surface area contributed by atoms with E-state index in [1.54, 1.807) is 17.0 Å². The quantitative estimate of drug-likeness (QED) is 0.578. The second-order valence-corrected chi connectivity index (χ2v) is 9.44. The predicted molar refractivity (Wildman–Crippen MR) is 121 cm³/mol. The Morgan fingerprint density at radius 1 is 1.13 bits per heavy atom. The first-order chi connectivity index (χ1) is 14.6. The van der Waals surface area contributed by atoms with Crippen LogP contribution in [0.1, 0.15) is 66.0 Å². The zero-order valence-electron chi connectivity index (χ0n) is 17.3. The first-order valence-corrected chi connectivity index (χ1v) is 12.3. The third kappa shape index (κ3) is 5.92. The highest BCUT2D eigenvalue weighted by Crippen LogP contribution is 2.28. The maximum atomic E-state index is 13.2. The summed E-state index contributed by atoms with van der Waals surface area (Å²) >= 11 is 2.81. The van der Waals surface area contributed by atoms with Crippen LogP contribution in [0.15, 0.2) is 35.0 Å². The molecule has 2 N–H and O–H groups in total. The minimum atomic E-state index is -0.664. The average molecular weight is 448 g/mol. The van der Waals surface area contributed by atoms with Gasteiger partial charge in [0.15, 0.2) is 0 Å². The Morgan fingerprint density at radius 2 is 1.87 bits per heavy atom. The van der Waals surface area contributed by atoms with E-state index in [1.807, 2.05) is 22.9 Å². The number of carbonyl (C=O) groups excluding carboxylic acids is 3. The highest BCUT2D eigenvalue weighted by Gasteiger charge is 2.33. The molecule has 6 nitrogen and oxygen atoms in total. The number of amides is 3. The van der Waals surface area contributed by atoms with Gasteiger partial charge in [0.05, 0.1) is 11.4 Å². The van der Waals surface area contributed by atoms with Crippen LogP contribution in [0.5, 0.6) is 0 Å². The molecule has 0 bridgehead atoms. The SMILES string of the molecule is CCCCN(C(=O)CNC(=O)c1cccs1)C(C(=O)NC1CCCC1)c1cccs1. The molecule has 3 amide bonds. The van der Waals surface area contributed by atoms with E-state index in [0.29, 0.717) is 11.4 Å². The minimum absolute atomic E-state index is 0.126. The molecule has 30 heavy (non-hydrogen) atoms. The van der Waals surface area contributed by atoms with Crippen LogP contribution in [-0.4, -0.2) is 41.8 Å². The van der Waals surface area contributed by atoms with Crippen LogP contribution in [0.4, 0.5) is 0 Å². The normalized spacial score (nSPS) is 15.0. The van der Waals surface area contributed by atoms with Crippen molar-refractivity contribution in [1.82, 2.24) is 15.5 Å². The molecule has 1 saturated carbocycles. The molecule has 8 heteroatoms. The highest BCUT2D eigenvalue weighted by atomic mass is 32.1. The van der Waals surface area contributed by atoms with E-state index in [4.69, 9.17) is 0 Å². The van der Waals surface area contributed by atoms with Crippen LogP contribution in [0.25, 0.3) is 0 Å². The van der Waals surface area contributed by atoms with Crippen molar-refractivity contribution < 1.29 is 14.4 Å². The average Bonchev–Trinajstić information content (AvgIpc) is 3.51. The maximum absolute atomic E-state index is 13.2. The summed E-state index contributed by atoms with van der Waals surface area (Å²) in [5.41, 5.74) is 0. The summed E-state index contributed by atoms with van der Waals surface area (Å²) in [6.07, 6.45) is 5.94. The Balaban J connectivity index is 1.74. The second-order valence-electron chi connectivity index (χ2n) is 7.51. The molecule has 1 aliphatic rings. The fourth-order valence-corrected chi connectivity index (χ4v) is 5.17. The monoisotopic (exact) mass is 447 g/mol. The van der Waals surface area contributed by atoms with Gasteiger partial charge in [-0.15, -0.1) is 22.7 Å². The van der Waals surface area contributed by atoms with Gasteiger partial charge >= 0.3 is 0 Å². The molecule has 3 rings (SSSR count). The van der Waals surface area contributed by atoms with E-state index in [1.165, 1.54) is 22.7 Å². The van der Waals surface area contributed by atoms with Gasteiger partial charge in [0.2, 0.25) is 11.8 Å². The molecule has 1 fully saturated rings. The van der Waals surface area contributed by atoms with Gasteiger partial charge in [-0.1, -0.05) is 38.3 Å². The summed E-state index contributed by atoms with van der Waals surface area (Å²) in [4.78, 5) is 41.7. The zero-order valence-corrected chi connectivity index (χ0v) is 18.9. The number of thiophene rings is 2. The molecule has 2 heterocycles. The first-order valence-electron chi connectivity index (χ1n) is 10.5. The van der Waals surface area contributed by atoms with Gasteiger partial charge in [-0.3, -0.25) is 14.4 Å². The van der Waals surface area contributed by atoms with Crippen molar-refractivity contribution in [1.29, 1.82) is 0 Å². The highest BCUT2D eigenvalue weighted by molar-refractivity contribution is 7.12. The lowest BCUT2D eigenvalue weighted by Crippen LogP contribution is -2.48. The van der Waals surface area contributed by atoms with Crippen molar-refractivity contribution in [2.24, 2.45) is 0 Å². The molecule has 0 aliphatic heterocycles. The molecule has 1 atom stereocenters. The molecule has 1 unspecified atom stereocenters. The molecule has 2 aromatic heterocycles. The summed E-state index contributed by atoms with van der Waals surface area (Å²) in [6, 6.07) is 6.85. The van der Waals surface area contributed by atoms with Gasteiger partial charge in [-0.2, -0.15) is 0 Å². The second kappa shape index (κ2) is 11.3. The third-order valence-electron chi connectivity index (χ3n) is 5.29. The van der Waals surface area contributed by atoms with E-state index < -0.39 is 6.04 Å². The summed E-state index contributed by atoms with van der Waals surface area (Å²) in [6.45, 7) is 2.41. The van der Waals surface area contributed by atoms with Crippen LogP contribution in [-0.2, 0) is 9.59 Å². The van der Waals surface area contributed by atoms with E-state index >= 15 is 0 Å². The fraction of sp³-hybridized carbons (Fsp3) is 0.500. The molecule has 162 valence electrons. The Bertz CT molecular complexity index is 815. The van der Waals surface area contributed by atoms with Crippen LogP contribution in [0, 0.1) is 0 Å². The van der Waals surface area contributed by atoms with Gasteiger partial charge < -0.3 is 15.5 Å². The Labute approximate surface area is 185 Å². The van der Waals surface area contributed by atoms with Crippen LogP contribution >= 0.6 is 22.7 Å². The number of nitrogens with zero attached hydrogens (tertiary/aromatic N) is 1. The Morgan fingerprint density at radius 3 is 2.50 bits per heavy atom. The third-order valence-corrected chi connectivity index (χ3v) is 7.09. The van der Waals surface area contributed by atoms with Crippen LogP contribution in [0.2, 0.25) is 0 Å². The van der Waals surface area contributed by atoms with Gasteiger partial charge in [0, 0.05) is 17.5 Å². The largest absolute Gasteiger partial charge is 0.351 e. The zero-order chi connectivity index (χ0) is 21.3. The van der Waals surface area contributed by atoms with Gasteiger partial charge in [-0.05, 0) is 42.2 Å². The van der Waals surface area contributed by atoms with Crippen molar-refractivity contribution in [3.8, 4) is 0 Å². The standard InChI is InChI=1S/C22H29N3O3S2/c1-2-3-12-25(19(26)15-23-21(27)18-11-7-14-30-18)20(17-10-6-13-29-17)22(28)24-16-8-4-5-9-16/h6-7,10-11,13-14,16,20H,2-5,8-9,12,15H2,1H3,(H,23,27)(H,24,28). The molecule has 0 aromatic carbocycles. The van der Waals surface area contributed by atoms with Crippen molar-refractivity contribution in [2.75, 3.05) is 13.1 Å². The molecular formula is C22H29N3O3S2. The number of hydrogen-bond donors (Lipinski definition) is 2. The number of carbonyl (C=O) groups is 3. The van der Waals surface area contributed by atoms with Crippen LogP contribution < -0.4 is 10.6 Å². The molecule has 2 aromatic rings. The summed E-state index contributed by atoms with van der Waals surface area (Å²) in [7, 11) is 0. The maximum Gasteiger partial charge on any atom is 0.261 e. The fourth-order valence-electron chi connectivity index (χ4n) is 3.70. The minimum Gasteiger partial charge on any atom is -0.351 e. The van der Waals surface area contributed by atoms with Gasteiger partial charge in [-0.25, -0.2) is 0 Å². The molecule has 0 spiro atoms. The van der Waals surface area contributed by atoms with E-state index in [0.717, 1.165) is 43.4 Å². The lowest BCUT2D eigenvalue weighted by Gasteiger charge is -2.31. The summed E-state index contributed by atoms with van der Waals surface area (Å²) < 4.78 is 0. The Hall–Kier alpha value is -2.19. The molecule has 1 aliphatic carbocycles. The van der Waals surface area contributed by atoms with Crippen LogP contribution in [0.3, 0.4) is 0 Å².